The van der Waals surface area contributed by atoms with E-state index in [4.69, 9.17) is 0 Å². The standard InChI is InChI=1S/C18H22N2O/c1-15-6-5-9-17(12-15)13-19-14-18(21)20-11-10-16-7-3-2-4-8-16/h2-9,12,19H,10-11,13-14H2,1H3,(H,20,21). The Morgan fingerprint density at radius 2 is 1.76 bits per heavy atom. The molecule has 1 amide bonds. The molecule has 0 unspecified atom stereocenters. The molecule has 0 aliphatic rings. The van der Waals surface area contributed by atoms with E-state index in [1.54, 1.807) is 0 Å². The van der Waals surface area contributed by atoms with Gasteiger partial charge in [-0.05, 0) is 24.5 Å². The Balaban J connectivity index is 1.61. The van der Waals surface area contributed by atoms with Gasteiger partial charge in [0.1, 0.15) is 0 Å². The molecular formula is C18H22N2O. The van der Waals surface area contributed by atoms with Crippen LogP contribution in [-0.4, -0.2) is 19.0 Å². The summed E-state index contributed by atoms with van der Waals surface area (Å²) in [4.78, 5) is 11.7. The smallest absolute Gasteiger partial charge is 0.233 e. The quantitative estimate of drug-likeness (QED) is 0.819. The van der Waals surface area contributed by atoms with E-state index in [0.29, 0.717) is 19.6 Å². The highest BCUT2D eigenvalue weighted by molar-refractivity contribution is 5.77. The second kappa shape index (κ2) is 8.22. The fraction of sp³-hybridized carbons (Fsp3) is 0.278. The molecule has 0 bridgehead atoms. The van der Waals surface area contributed by atoms with Gasteiger partial charge in [-0.1, -0.05) is 60.2 Å². The van der Waals surface area contributed by atoms with Gasteiger partial charge in [-0.2, -0.15) is 0 Å². The van der Waals surface area contributed by atoms with Crippen LogP contribution >= 0.6 is 0 Å². The molecule has 0 aliphatic carbocycles. The van der Waals surface area contributed by atoms with Crippen molar-refractivity contribution in [2.45, 2.75) is 19.9 Å². The highest BCUT2D eigenvalue weighted by Crippen LogP contribution is 2.02. The van der Waals surface area contributed by atoms with Crippen LogP contribution in [0.5, 0.6) is 0 Å². The highest BCUT2D eigenvalue weighted by Gasteiger charge is 2.00. The normalized spacial score (nSPS) is 10.3. The first kappa shape index (κ1) is 15.3. The highest BCUT2D eigenvalue weighted by atomic mass is 16.1. The van der Waals surface area contributed by atoms with Gasteiger partial charge in [-0.25, -0.2) is 0 Å². The largest absolute Gasteiger partial charge is 0.355 e. The van der Waals surface area contributed by atoms with E-state index in [-0.39, 0.29) is 5.91 Å². The number of benzene rings is 2. The lowest BCUT2D eigenvalue weighted by atomic mass is 10.1. The molecule has 0 heterocycles. The van der Waals surface area contributed by atoms with Gasteiger partial charge in [0.15, 0.2) is 0 Å². The van der Waals surface area contributed by atoms with E-state index >= 15 is 0 Å². The minimum Gasteiger partial charge on any atom is -0.355 e. The summed E-state index contributed by atoms with van der Waals surface area (Å²) in [6.45, 7) is 3.81. The van der Waals surface area contributed by atoms with E-state index in [1.165, 1.54) is 16.7 Å². The Labute approximate surface area is 126 Å². The van der Waals surface area contributed by atoms with Crippen LogP contribution in [0.1, 0.15) is 16.7 Å². The van der Waals surface area contributed by atoms with Crippen LogP contribution in [0, 0.1) is 6.92 Å². The van der Waals surface area contributed by atoms with E-state index in [2.05, 4.69) is 47.9 Å². The average molecular weight is 282 g/mol. The summed E-state index contributed by atoms with van der Waals surface area (Å²) in [6.07, 6.45) is 0.866. The van der Waals surface area contributed by atoms with Crippen LogP contribution in [-0.2, 0) is 17.8 Å². The monoisotopic (exact) mass is 282 g/mol. The molecule has 0 radical (unpaired) electrons. The molecule has 2 aromatic rings. The van der Waals surface area contributed by atoms with Crippen molar-refractivity contribution in [3.05, 3.63) is 71.3 Å². The summed E-state index contributed by atoms with van der Waals surface area (Å²) in [5, 5.41) is 6.09. The Bertz CT molecular complexity index is 566. The van der Waals surface area contributed by atoms with Gasteiger partial charge in [0.05, 0.1) is 6.54 Å². The zero-order chi connectivity index (χ0) is 14.9. The van der Waals surface area contributed by atoms with E-state index < -0.39 is 0 Å². The topological polar surface area (TPSA) is 41.1 Å². The van der Waals surface area contributed by atoms with Crippen molar-refractivity contribution in [3.8, 4) is 0 Å². The van der Waals surface area contributed by atoms with Gasteiger partial charge in [0, 0.05) is 13.1 Å². The van der Waals surface area contributed by atoms with Gasteiger partial charge >= 0.3 is 0 Å². The minimum atomic E-state index is 0.0404. The molecule has 0 saturated heterocycles. The average Bonchev–Trinajstić information content (AvgIpc) is 2.48. The molecule has 0 atom stereocenters. The lowest BCUT2D eigenvalue weighted by Gasteiger charge is -2.07. The molecule has 0 fully saturated rings. The van der Waals surface area contributed by atoms with Gasteiger partial charge in [0.25, 0.3) is 0 Å². The van der Waals surface area contributed by atoms with Gasteiger partial charge in [-0.3, -0.25) is 4.79 Å². The fourth-order valence-electron chi connectivity index (χ4n) is 2.20. The lowest BCUT2D eigenvalue weighted by molar-refractivity contribution is -0.120. The second-order valence-corrected chi connectivity index (χ2v) is 5.18. The predicted molar refractivity (Wildman–Crippen MR) is 86.0 cm³/mol. The fourth-order valence-corrected chi connectivity index (χ4v) is 2.20. The first-order valence-corrected chi connectivity index (χ1v) is 7.31. The molecule has 3 heteroatoms. The second-order valence-electron chi connectivity index (χ2n) is 5.18. The summed E-state index contributed by atoms with van der Waals surface area (Å²) in [5.74, 6) is 0.0404. The summed E-state index contributed by atoms with van der Waals surface area (Å²) >= 11 is 0. The first-order valence-electron chi connectivity index (χ1n) is 7.31. The van der Waals surface area contributed by atoms with E-state index in [0.717, 1.165) is 6.42 Å². The minimum absolute atomic E-state index is 0.0404. The van der Waals surface area contributed by atoms with Crippen molar-refractivity contribution < 1.29 is 4.79 Å². The third kappa shape index (κ3) is 5.79. The van der Waals surface area contributed by atoms with Crippen molar-refractivity contribution in [1.29, 1.82) is 0 Å². The van der Waals surface area contributed by atoms with Crippen molar-refractivity contribution >= 4 is 5.91 Å². The molecule has 110 valence electrons. The molecule has 0 spiro atoms. The van der Waals surface area contributed by atoms with Crippen LogP contribution in [0.2, 0.25) is 0 Å². The van der Waals surface area contributed by atoms with Gasteiger partial charge < -0.3 is 10.6 Å². The molecule has 3 nitrogen and oxygen atoms in total. The van der Waals surface area contributed by atoms with Gasteiger partial charge in [-0.15, -0.1) is 0 Å². The number of carbonyl (C=O) groups is 1. The van der Waals surface area contributed by atoms with Crippen LogP contribution in [0.25, 0.3) is 0 Å². The Morgan fingerprint density at radius 3 is 2.52 bits per heavy atom. The van der Waals surface area contributed by atoms with Crippen LogP contribution in [0.4, 0.5) is 0 Å². The third-order valence-corrected chi connectivity index (χ3v) is 3.28. The van der Waals surface area contributed by atoms with Gasteiger partial charge in [0.2, 0.25) is 5.91 Å². The molecule has 21 heavy (non-hydrogen) atoms. The Kier molecular flexibility index (Phi) is 5.98. The Morgan fingerprint density at radius 1 is 1.00 bits per heavy atom. The predicted octanol–water partition coefficient (Wildman–Crippen LogP) is 2.44. The summed E-state index contributed by atoms with van der Waals surface area (Å²) in [7, 11) is 0. The zero-order valence-corrected chi connectivity index (χ0v) is 12.4. The molecule has 2 rings (SSSR count). The van der Waals surface area contributed by atoms with Crippen molar-refractivity contribution in [2.75, 3.05) is 13.1 Å². The summed E-state index contributed by atoms with van der Waals surface area (Å²) < 4.78 is 0. The maximum atomic E-state index is 11.7. The third-order valence-electron chi connectivity index (χ3n) is 3.28. The van der Waals surface area contributed by atoms with E-state index in [9.17, 15) is 4.79 Å². The first-order chi connectivity index (χ1) is 10.2. The van der Waals surface area contributed by atoms with Crippen molar-refractivity contribution in [3.63, 3.8) is 0 Å². The van der Waals surface area contributed by atoms with Crippen molar-refractivity contribution in [1.82, 2.24) is 10.6 Å². The number of hydrogen-bond acceptors (Lipinski definition) is 2. The number of rotatable bonds is 7. The van der Waals surface area contributed by atoms with Crippen LogP contribution in [0.3, 0.4) is 0 Å². The maximum absolute atomic E-state index is 11.7. The number of nitrogens with one attached hydrogen (secondary N) is 2. The molecule has 0 aliphatic heterocycles. The van der Waals surface area contributed by atoms with Crippen molar-refractivity contribution in [2.24, 2.45) is 0 Å². The van der Waals surface area contributed by atoms with E-state index in [1.807, 2.05) is 24.3 Å². The number of amides is 1. The maximum Gasteiger partial charge on any atom is 0.233 e. The lowest BCUT2D eigenvalue weighted by Crippen LogP contribution is -2.34. The molecule has 0 aromatic heterocycles. The molecule has 2 aromatic carbocycles. The molecule has 2 N–H and O–H groups in total. The molecular weight excluding hydrogens is 260 g/mol. The van der Waals surface area contributed by atoms with Crippen LogP contribution < -0.4 is 10.6 Å². The van der Waals surface area contributed by atoms with Crippen LogP contribution in [0.15, 0.2) is 54.6 Å². The Hall–Kier alpha value is -2.13. The number of carbonyl (C=O) groups excluding carboxylic acids is 1. The SMILES string of the molecule is Cc1cccc(CNCC(=O)NCCc2ccccc2)c1. The zero-order valence-electron chi connectivity index (χ0n) is 12.4. The number of hydrogen-bond donors (Lipinski definition) is 2. The molecule has 0 saturated carbocycles. The number of aryl methyl sites for hydroxylation is 1. The summed E-state index contributed by atoms with van der Waals surface area (Å²) in [6, 6.07) is 18.5. The summed E-state index contributed by atoms with van der Waals surface area (Å²) in [5.41, 5.74) is 3.68.